The zero-order valence-electron chi connectivity index (χ0n) is 13.6. The van der Waals surface area contributed by atoms with Crippen molar-refractivity contribution < 1.29 is 23.1 Å². The van der Waals surface area contributed by atoms with E-state index < -0.39 is 26.4 Å². The highest BCUT2D eigenvalue weighted by Gasteiger charge is 2.24. The molecule has 0 aliphatic heterocycles. The molecule has 0 saturated heterocycles. The van der Waals surface area contributed by atoms with Gasteiger partial charge in [0.2, 0.25) is 0 Å². The Hall–Kier alpha value is -2.22. The van der Waals surface area contributed by atoms with Gasteiger partial charge in [-0.3, -0.25) is 4.79 Å². The number of benzene rings is 2. The number of carbonyl (C=O) groups is 1. The summed E-state index contributed by atoms with van der Waals surface area (Å²) in [6, 6.07) is 8.53. The average Bonchev–Trinajstić information content (AvgIpc) is 2.55. The number of halogens is 2. The number of hydrogen-bond donors (Lipinski definition) is 2. The van der Waals surface area contributed by atoms with Crippen molar-refractivity contribution in [1.29, 1.82) is 0 Å². The largest absolute Gasteiger partial charge is 0.504 e. The lowest BCUT2D eigenvalue weighted by Crippen LogP contribution is -2.22. The van der Waals surface area contributed by atoms with Gasteiger partial charge in [0.25, 0.3) is 5.91 Å². The summed E-state index contributed by atoms with van der Waals surface area (Å²) >= 11 is 11.8. The molecule has 2 rings (SSSR count). The number of phenolic OH excluding ortho intramolecular Hbond substituents is 1. The van der Waals surface area contributed by atoms with Crippen molar-refractivity contribution in [2.75, 3.05) is 7.11 Å². The van der Waals surface area contributed by atoms with Crippen LogP contribution in [0.1, 0.15) is 11.1 Å². The molecule has 0 atom stereocenters. The van der Waals surface area contributed by atoms with Crippen LogP contribution >= 0.6 is 23.2 Å². The summed E-state index contributed by atoms with van der Waals surface area (Å²) in [5, 5.41) is 10.3. The molecular formula is C17H15Cl2NO5S. The molecule has 3 N–H and O–H groups in total. The number of rotatable bonds is 6. The Balaban J connectivity index is 2.44. The molecule has 0 bridgehead atoms. The van der Waals surface area contributed by atoms with Crippen molar-refractivity contribution in [1.82, 2.24) is 0 Å². The van der Waals surface area contributed by atoms with Crippen LogP contribution in [0.3, 0.4) is 0 Å². The minimum Gasteiger partial charge on any atom is -0.504 e. The average molecular weight is 416 g/mol. The lowest BCUT2D eigenvalue weighted by atomic mass is 10.2. The molecule has 0 saturated carbocycles. The maximum atomic E-state index is 12.6. The van der Waals surface area contributed by atoms with Crippen LogP contribution in [0.4, 0.5) is 0 Å². The Bertz CT molecular complexity index is 987. The fraction of sp³-hybridized carbons (Fsp3) is 0.118. The number of aromatic hydroxyl groups is 1. The van der Waals surface area contributed by atoms with Crippen LogP contribution in [0, 0.1) is 0 Å². The minimum atomic E-state index is -4.09. The van der Waals surface area contributed by atoms with Gasteiger partial charge < -0.3 is 15.6 Å². The molecule has 2 aromatic rings. The number of hydrogen-bond acceptors (Lipinski definition) is 5. The summed E-state index contributed by atoms with van der Waals surface area (Å²) in [4.78, 5) is 11.1. The van der Waals surface area contributed by atoms with Gasteiger partial charge in [-0.2, -0.15) is 0 Å². The molecule has 26 heavy (non-hydrogen) atoms. The van der Waals surface area contributed by atoms with E-state index >= 15 is 0 Å². The number of primary amides is 1. The van der Waals surface area contributed by atoms with Crippen LogP contribution in [0.25, 0.3) is 6.08 Å². The summed E-state index contributed by atoms with van der Waals surface area (Å²) in [6.45, 7) is 0. The van der Waals surface area contributed by atoms with E-state index in [-0.39, 0.29) is 27.6 Å². The summed E-state index contributed by atoms with van der Waals surface area (Å²) in [6.07, 6.45) is 1.08. The van der Waals surface area contributed by atoms with Gasteiger partial charge in [-0.05, 0) is 41.5 Å². The van der Waals surface area contributed by atoms with Gasteiger partial charge in [0.1, 0.15) is 4.91 Å². The third-order valence-electron chi connectivity index (χ3n) is 3.44. The van der Waals surface area contributed by atoms with Crippen molar-refractivity contribution in [3.8, 4) is 11.5 Å². The molecule has 0 aliphatic rings. The maximum absolute atomic E-state index is 12.6. The second-order valence-electron chi connectivity index (χ2n) is 5.30. The predicted molar refractivity (Wildman–Crippen MR) is 101 cm³/mol. The van der Waals surface area contributed by atoms with Crippen LogP contribution in [0.5, 0.6) is 11.5 Å². The first-order valence-electron chi connectivity index (χ1n) is 7.19. The van der Waals surface area contributed by atoms with Crippen LogP contribution in [-0.4, -0.2) is 26.5 Å². The number of carbonyl (C=O) groups excluding carboxylic acids is 1. The number of phenols is 1. The van der Waals surface area contributed by atoms with Crippen molar-refractivity contribution in [3.63, 3.8) is 0 Å². The molecule has 138 valence electrons. The van der Waals surface area contributed by atoms with Crippen molar-refractivity contribution in [2.24, 2.45) is 5.73 Å². The molecular weight excluding hydrogens is 401 g/mol. The molecule has 2 aromatic carbocycles. The third kappa shape index (κ3) is 4.69. The molecule has 0 heterocycles. The molecule has 0 aromatic heterocycles. The van der Waals surface area contributed by atoms with Crippen molar-refractivity contribution in [2.45, 2.75) is 5.75 Å². The molecule has 0 spiro atoms. The Kier molecular flexibility index (Phi) is 6.17. The number of ether oxygens (including phenoxy) is 1. The topological polar surface area (TPSA) is 107 Å². The highest BCUT2D eigenvalue weighted by molar-refractivity contribution is 7.95. The Labute approximate surface area is 160 Å². The molecule has 6 nitrogen and oxygen atoms in total. The summed E-state index contributed by atoms with van der Waals surface area (Å²) in [7, 11) is -2.72. The van der Waals surface area contributed by atoms with Gasteiger partial charge in [-0.1, -0.05) is 35.3 Å². The van der Waals surface area contributed by atoms with E-state index in [0.717, 1.165) is 6.08 Å². The van der Waals surface area contributed by atoms with E-state index in [2.05, 4.69) is 0 Å². The van der Waals surface area contributed by atoms with Crippen LogP contribution in [0.2, 0.25) is 10.0 Å². The first-order chi connectivity index (χ1) is 12.1. The van der Waals surface area contributed by atoms with Crippen LogP contribution < -0.4 is 10.5 Å². The van der Waals surface area contributed by atoms with Crippen molar-refractivity contribution >= 4 is 45.0 Å². The Morgan fingerprint density at radius 2 is 1.92 bits per heavy atom. The van der Waals surface area contributed by atoms with Gasteiger partial charge in [0.05, 0.1) is 12.9 Å². The molecule has 9 heteroatoms. The normalized spacial score (nSPS) is 12.0. The van der Waals surface area contributed by atoms with E-state index in [0.29, 0.717) is 5.02 Å². The highest BCUT2D eigenvalue weighted by atomic mass is 35.5. The van der Waals surface area contributed by atoms with Crippen molar-refractivity contribution in [3.05, 3.63) is 62.5 Å². The monoisotopic (exact) mass is 415 g/mol. The highest BCUT2D eigenvalue weighted by Crippen LogP contribution is 2.29. The fourth-order valence-corrected chi connectivity index (χ4v) is 4.18. The van der Waals surface area contributed by atoms with Gasteiger partial charge in [-0.15, -0.1) is 0 Å². The molecule has 0 aliphatic carbocycles. The SMILES string of the molecule is COc1ccc(/C=C(/C(N)=O)S(=O)(=O)Cc2ccc(Cl)cc2Cl)cc1O. The molecule has 0 fully saturated rings. The predicted octanol–water partition coefficient (Wildman–Crippen LogP) is 3.15. The fourth-order valence-electron chi connectivity index (χ4n) is 2.18. The summed E-state index contributed by atoms with van der Waals surface area (Å²) in [5.41, 5.74) is 5.80. The first kappa shape index (κ1) is 20.1. The van der Waals surface area contributed by atoms with E-state index in [1.165, 1.54) is 43.5 Å². The van der Waals surface area contributed by atoms with E-state index in [4.69, 9.17) is 33.7 Å². The van der Waals surface area contributed by atoms with Gasteiger partial charge in [0, 0.05) is 10.0 Å². The molecule has 0 unspecified atom stereocenters. The molecule has 1 amide bonds. The molecule has 0 radical (unpaired) electrons. The second-order valence-corrected chi connectivity index (χ2v) is 8.10. The summed E-state index contributed by atoms with van der Waals surface area (Å²) in [5.74, 6) is -1.65. The number of amides is 1. The van der Waals surface area contributed by atoms with Crippen LogP contribution in [0.15, 0.2) is 41.3 Å². The maximum Gasteiger partial charge on any atom is 0.260 e. The zero-order valence-corrected chi connectivity index (χ0v) is 15.9. The second kappa shape index (κ2) is 7.99. The first-order valence-corrected chi connectivity index (χ1v) is 9.60. The Morgan fingerprint density at radius 3 is 2.46 bits per heavy atom. The zero-order chi connectivity index (χ0) is 19.5. The Morgan fingerprint density at radius 1 is 1.23 bits per heavy atom. The summed E-state index contributed by atoms with van der Waals surface area (Å²) < 4.78 is 30.2. The minimum absolute atomic E-state index is 0.159. The lowest BCUT2D eigenvalue weighted by Gasteiger charge is -2.09. The van der Waals surface area contributed by atoms with E-state index in [1.807, 2.05) is 0 Å². The van der Waals surface area contributed by atoms with E-state index in [9.17, 15) is 18.3 Å². The number of methoxy groups -OCH3 is 1. The van der Waals surface area contributed by atoms with Gasteiger partial charge in [-0.25, -0.2) is 8.42 Å². The standard InChI is InChI=1S/C17H15Cl2NO5S/c1-25-15-5-2-10(6-14(15)21)7-16(17(20)22)26(23,24)9-11-3-4-12(18)8-13(11)19/h2-8,21H,9H2,1H3,(H2,20,22)/b16-7-. The number of sulfone groups is 1. The van der Waals surface area contributed by atoms with Gasteiger partial charge >= 0.3 is 0 Å². The van der Waals surface area contributed by atoms with Gasteiger partial charge in [0.15, 0.2) is 21.3 Å². The number of nitrogens with two attached hydrogens (primary N) is 1. The smallest absolute Gasteiger partial charge is 0.260 e. The quantitative estimate of drug-likeness (QED) is 0.704. The van der Waals surface area contributed by atoms with Crippen LogP contribution in [-0.2, 0) is 20.4 Å². The lowest BCUT2D eigenvalue weighted by molar-refractivity contribution is -0.113. The third-order valence-corrected chi connectivity index (χ3v) is 5.71. The van der Waals surface area contributed by atoms with E-state index in [1.54, 1.807) is 0 Å².